The summed E-state index contributed by atoms with van der Waals surface area (Å²) in [4.78, 5) is 16.2. The van der Waals surface area contributed by atoms with Gasteiger partial charge in [0.15, 0.2) is 0 Å². The van der Waals surface area contributed by atoms with Crippen LogP contribution < -0.4 is 4.74 Å². The maximum atomic E-state index is 12.3. The van der Waals surface area contributed by atoms with Crippen LogP contribution in [0, 0.1) is 5.92 Å². The Bertz CT molecular complexity index is 586. The molecule has 0 atom stereocenters. The number of amides is 1. The highest BCUT2D eigenvalue weighted by Gasteiger charge is 2.27. The minimum absolute atomic E-state index is 0.222. The second kappa shape index (κ2) is 11.3. The number of halogens is 1. The van der Waals surface area contributed by atoms with Gasteiger partial charge in [0.05, 0.1) is 6.61 Å². The zero-order valence-corrected chi connectivity index (χ0v) is 17.2. The van der Waals surface area contributed by atoms with Gasteiger partial charge in [-0.15, -0.1) is 6.58 Å². The zero-order chi connectivity index (χ0) is 19.6. The van der Waals surface area contributed by atoms with Crippen molar-refractivity contribution in [1.82, 2.24) is 9.80 Å². The minimum Gasteiger partial charge on any atom is -0.410 e. The highest BCUT2D eigenvalue weighted by atomic mass is 35.5. The SMILES string of the molecule is C=CCN(C)CCOC[C@H]1CC[C@H](N(C)C(=O)Oc2ccc(Cl)cc2)CC1. The van der Waals surface area contributed by atoms with Gasteiger partial charge in [-0.1, -0.05) is 17.7 Å². The maximum absolute atomic E-state index is 12.3. The molecule has 0 aromatic heterocycles. The summed E-state index contributed by atoms with van der Waals surface area (Å²) in [5.41, 5.74) is 0. The van der Waals surface area contributed by atoms with Gasteiger partial charge >= 0.3 is 6.09 Å². The maximum Gasteiger partial charge on any atom is 0.415 e. The molecule has 6 heteroatoms. The quantitative estimate of drug-likeness (QED) is 0.458. The molecule has 0 bridgehead atoms. The summed E-state index contributed by atoms with van der Waals surface area (Å²) in [5.74, 6) is 1.09. The fraction of sp³-hybridized carbons (Fsp3) is 0.571. The number of rotatable bonds is 9. The zero-order valence-electron chi connectivity index (χ0n) is 16.4. The minimum atomic E-state index is -0.317. The molecular weight excluding hydrogens is 364 g/mol. The summed E-state index contributed by atoms with van der Waals surface area (Å²) in [6.07, 6.45) is 5.70. The van der Waals surface area contributed by atoms with Crippen LogP contribution in [0.3, 0.4) is 0 Å². The molecule has 1 amide bonds. The van der Waals surface area contributed by atoms with Gasteiger partial charge < -0.3 is 19.3 Å². The number of benzene rings is 1. The van der Waals surface area contributed by atoms with Crippen LogP contribution in [0.25, 0.3) is 0 Å². The molecule has 1 aliphatic rings. The molecule has 0 radical (unpaired) electrons. The van der Waals surface area contributed by atoms with E-state index in [9.17, 15) is 4.79 Å². The third-order valence-electron chi connectivity index (χ3n) is 5.08. The molecule has 0 aliphatic heterocycles. The second-order valence-corrected chi connectivity index (χ2v) is 7.67. The number of carbonyl (C=O) groups excluding carboxylic acids is 1. The molecule has 0 unspecified atom stereocenters. The highest BCUT2D eigenvalue weighted by Crippen LogP contribution is 2.28. The van der Waals surface area contributed by atoms with Gasteiger partial charge in [0.2, 0.25) is 0 Å². The Morgan fingerprint density at radius 3 is 2.52 bits per heavy atom. The average molecular weight is 395 g/mol. The number of carbonyl (C=O) groups is 1. The first-order valence-corrected chi connectivity index (χ1v) is 9.94. The lowest BCUT2D eigenvalue weighted by atomic mass is 9.86. The van der Waals surface area contributed by atoms with Crippen molar-refractivity contribution in [2.24, 2.45) is 5.92 Å². The summed E-state index contributed by atoms with van der Waals surface area (Å²) < 4.78 is 11.3. The Morgan fingerprint density at radius 2 is 1.89 bits per heavy atom. The van der Waals surface area contributed by atoms with Gasteiger partial charge in [-0.2, -0.15) is 0 Å². The molecule has 27 heavy (non-hydrogen) atoms. The number of likely N-dealkylation sites (N-methyl/N-ethyl adjacent to an activating group) is 1. The van der Waals surface area contributed by atoms with Crippen LogP contribution in [0.15, 0.2) is 36.9 Å². The van der Waals surface area contributed by atoms with E-state index in [1.807, 2.05) is 13.1 Å². The summed E-state index contributed by atoms with van der Waals surface area (Å²) in [6.45, 7) is 7.08. The highest BCUT2D eigenvalue weighted by molar-refractivity contribution is 6.30. The normalized spacial score (nSPS) is 19.7. The van der Waals surface area contributed by atoms with E-state index < -0.39 is 0 Å². The van der Waals surface area contributed by atoms with Crippen molar-refractivity contribution in [2.45, 2.75) is 31.7 Å². The monoisotopic (exact) mass is 394 g/mol. The average Bonchev–Trinajstić information content (AvgIpc) is 2.67. The van der Waals surface area contributed by atoms with E-state index in [0.717, 1.165) is 52.0 Å². The third-order valence-corrected chi connectivity index (χ3v) is 5.33. The number of hydrogen-bond acceptors (Lipinski definition) is 4. The molecule has 1 fully saturated rings. The Hall–Kier alpha value is -1.56. The van der Waals surface area contributed by atoms with Gasteiger partial charge in [-0.3, -0.25) is 0 Å². The topological polar surface area (TPSA) is 42.0 Å². The van der Waals surface area contributed by atoms with E-state index in [1.165, 1.54) is 0 Å². The van der Waals surface area contributed by atoms with Gasteiger partial charge in [0.25, 0.3) is 0 Å². The summed E-state index contributed by atoms with van der Waals surface area (Å²) in [6, 6.07) is 7.05. The third kappa shape index (κ3) is 7.53. The predicted molar refractivity (Wildman–Crippen MR) is 109 cm³/mol. The van der Waals surface area contributed by atoms with Crippen LogP contribution in [0.1, 0.15) is 25.7 Å². The molecule has 1 saturated carbocycles. The molecule has 0 N–H and O–H groups in total. The van der Waals surface area contributed by atoms with E-state index in [4.69, 9.17) is 21.1 Å². The van der Waals surface area contributed by atoms with Crippen molar-refractivity contribution >= 4 is 17.7 Å². The van der Waals surface area contributed by atoms with Crippen molar-refractivity contribution < 1.29 is 14.3 Å². The summed E-state index contributed by atoms with van der Waals surface area (Å²) in [5, 5.41) is 0.621. The Kier molecular flexibility index (Phi) is 9.11. The van der Waals surface area contributed by atoms with E-state index in [0.29, 0.717) is 16.7 Å². The molecule has 1 aromatic rings. The first-order valence-electron chi connectivity index (χ1n) is 9.57. The lowest BCUT2D eigenvalue weighted by molar-refractivity contribution is 0.0599. The Balaban J connectivity index is 1.66. The van der Waals surface area contributed by atoms with E-state index in [1.54, 1.807) is 29.2 Å². The van der Waals surface area contributed by atoms with E-state index in [2.05, 4.69) is 18.5 Å². The molecular formula is C21H31ClN2O3. The van der Waals surface area contributed by atoms with Crippen molar-refractivity contribution in [2.75, 3.05) is 40.4 Å². The van der Waals surface area contributed by atoms with Crippen LogP contribution in [-0.2, 0) is 4.74 Å². The Labute approximate surface area is 167 Å². The molecule has 0 spiro atoms. The number of nitrogens with zero attached hydrogens (tertiary/aromatic N) is 2. The molecule has 1 aromatic carbocycles. The second-order valence-electron chi connectivity index (χ2n) is 7.23. The van der Waals surface area contributed by atoms with E-state index in [-0.39, 0.29) is 12.1 Å². The molecule has 5 nitrogen and oxygen atoms in total. The van der Waals surface area contributed by atoms with Gasteiger partial charge in [0.1, 0.15) is 5.75 Å². The van der Waals surface area contributed by atoms with Gasteiger partial charge in [0, 0.05) is 37.8 Å². The van der Waals surface area contributed by atoms with E-state index >= 15 is 0 Å². The van der Waals surface area contributed by atoms with Crippen molar-refractivity contribution in [3.05, 3.63) is 41.9 Å². The fourth-order valence-electron chi connectivity index (χ4n) is 3.31. The van der Waals surface area contributed by atoms with Crippen LogP contribution >= 0.6 is 11.6 Å². The van der Waals surface area contributed by atoms with Crippen LogP contribution in [0.2, 0.25) is 5.02 Å². The van der Waals surface area contributed by atoms with Crippen molar-refractivity contribution in [3.63, 3.8) is 0 Å². The fourth-order valence-corrected chi connectivity index (χ4v) is 3.43. The number of ether oxygens (including phenoxy) is 2. The number of hydrogen-bond donors (Lipinski definition) is 0. The smallest absolute Gasteiger partial charge is 0.410 e. The molecule has 0 heterocycles. The Morgan fingerprint density at radius 1 is 1.22 bits per heavy atom. The molecule has 0 saturated heterocycles. The summed E-state index contributed by atoms with van der Waals surface area (Å²) >= 11 is 5.85. The lowest BCUT2D eigenvalue weighted by Gasteiger charge is -2.34. The van der Waals surface area contributed by atoms with Crippen molar-refractivity contribution in [1.29, 1.82) is 0 Å². The standard InChI is InChI=1S/C21H31ClN2O3/c1-4-13-23(2)14-15-26-16-17-5-9-19(10-6-17)24(3)21(25)27-20-11-7-18(22)8-12-20/h4,7-8,11-12,17,19H,1,5-6,9-10,13-16H2,2-3H3/t17-,19-. The molecule has 1 aliphatic carbocycles. The molecule has 150 valence electrons. The largest absolute Gasteiger partial charge is 0.415 e. The van der Waals surface area contributed by atoms with Gasteiger partial charge in [-0.25, -0.2) is 4.79 Å². The van der Waals surface area contributed by atoms with Crippen LogP contribution in [-0.4, -0.2) is 62.3 Å². The van der Waals surface area contributed by atoms with Crippen molar-refractivity contribution in [3.8, 4) is 5.75 Å². The first-order chi connectivity index (χ1) is 13.0. The molecule has 2 rings (SSSR count). The summed E-state index contributed by atoms with van der Waals surface area (Å²) in [7, 11) is 3.88. The van der Waals surface area contributed by atoms with Gasteiger partial charge in [-0.05, 0) is 62.9 Å². The first kappa shape index (κ1) is 21.7. The lowest BCUT2D eigenvalue weighted by Crippen LogP contribution is -2.41. The van der Waals surface area contributed by atoms with Crippen LogP contribution in [0.5, 0.6) is 5.75 Å². The van der Waals surface area contributed by atoms with Crippen LogP contribution in [0.4, 0.5) is 4.79 Å². The predicted octanol–water partition coefficient (Wildman–Crippen LogP) is 4.46.